The zero-order chi connectivity index (χ0) is 12.8. The highest BCUT2D eigenvalue weighted by Gasteiger charge is 1.99. The summed E-state index contributed by atoms with van der Waals surface area (Å²) in [4.78, 5) is 11.5. The van der Waals surface area contributed by atoms with Crippen LogP contribution in [-0.4, -0.2) is 13.8 Å². The summed E-state index contributed by atoms with van der Waals surface area (Å²) < 4.78 is 5.11. The third-order valence-corrected chi connectivity index (χ3v) is 2.31. The molecule has 0 saturated carbocycles. The molecule has 18 heavy (non-hydrogen) atoms. The highest BCUT2D eigenvalue weighted by Crippen LogP contribution is 2.08. The number of hydrogen-bond acceptors (Lipinski definition) is 2. The van der Waals surface area contributed by atoms with E-state index in [2.05, 4.69) is 0 Å². The molecule has 0 aliphatic heterocycles. The molecule has 0 N–H and O–H groups in total. The molecule has 0 saturated heterocycles. The maximum Gasteiger partial charge on any atom is 0.336 e. The first-order valence-corrected chi connectivity index (χ1v) is 5.54. The van der Waals surface area contributed by atoms with Gasteiger partial charge in [0.15, 0.2) is 0 Å². The molecule has 0 bridgehead atoms. The molecule has 0 aliphatic rings. The SMILES string of the molecule is [B]c1ccc(OC(=O)/C=C/c2ccccc2)cc1. The number of benzene rings is 2. The Kier molecular flexibility index (Phi) is 3.97. The van der Waals surface area contributed by atoms with Crippen molar-refractivity contribution >= 4 is 25.4 Å². The van der Waals surface area contributed by atoms with Crippen LogP contribution in [0.3, 0.4) is 0 Å². The first-order valence-electron chi connectivity index (χ1n) is 5.54. The maximum atomic E-state index is 11.5. The topological polar surface area (TPSA) is 26.3 Å². The zero-order valence-electron chi connectivity index (χ0n) is 9.74. The van der Waals surface area contributed by atoms with E-state index >= 15 is 0 Å². The van der Waals surface area contributed by atoms with E-state index in [-0.39, 0.29) is 0 Å². The summed E-state index contributed by atoms with van der Waals surface area (Å²) in [5, 5.41) is 0. The van der Waals surface area contributed by atoms with Crippen LogP contribution in [0, 0.1) is 0 Å². The van der Waals surface area contributed by atoms with Crippen molar-refractivity contribution < 1.29 is 9.53 Å². The van der Waals surface area contributed by atoms with Gasteiger partial charge in [0.2, 0.25) is 0 Å². The number of ether oxygens (including phenoxy) is 1. The summed E-state index contributed by atoms with van der Waals surface area (Å²) >= 11 is 0. The fraction of sp³-hybridized carbons (Fsp3) is 0. The van der Waals surface area contributed by atoms with Gasteiger partial charge in [-0.25, -0.2) is 4.79 Å². The third-order valence-electron chi connectivity index (χ3n) is 2.31. The fourth-order valence-electron chi connectivity index (χ4n) is 1.41. The Labute approximate surface area is 107 Å². The van der Waals surface area contributed by atoms with Crippen LogP contribution in [0.1, 0.15) is 5.56 Å². The van der Waals surface area contributed by atoms with Gasteiger partial charge in [-0.05, 0) is 23.8 Å². The minimum absolute atomic E-state index is 0.413. The summed E-state index contributed by atoms with van der Waals surface area (Å²) in [6.07, 6.45) is 3.10. The molecule has 2 aromatic rings. The lowest BCUT2D eigenvalue weighted by atomic mass is 9.97. The number of carbonyl (C=O) groups is 1. The van der Waals surface area contributed by atoms with Crippen molar-refractivity contribution in [3.63, 3.8) is 0 Å². The Balaban J connectivity index is 1.97. The molecule has 0 amide bonds. The van der Waals surface area contributed by atoms with Crippen molar-refractivity contribution in [1.82, 2.24) is 0 Å². The summed E-state index contributed by atoms with van der Waals surface area (Å²) in [7, 11) is 5.54. The minimum atomic E-state index is -0.413. The van der Waals surface area contributed by atoms with Crippen molar-refractivity contribution in [2.24, 2.45) is 0 Å². The Morgan fingerprint density at radius 1 is 1.00 bits per heavy atom. The van der Waals surface area contributed by atoms with Gasteiger partial charge in [-0.2, -0.15) is 0 Å². The van der Waals surface area contributed by atoms with Crippen molar-refractivity contribution in [3.05, 3.63) is 66.2 Å². The normalized spacial score (nSPS) is 10.4. The summed E-state index contributed by atoms with van der Waals surface area (Å²) in [5.74, 6) is 0.0653. The molecule has 0 unspecified atom stereocenters. The fourth-order valence-corrected chi connectivity index (χ4v) is 1.41. The van der Waals surface area contributed by atoms with Gasteiger partial charge in [-0.15, -0.1) is 0 Å². The molecule has 86 valence electrons. The highest BCUT2D eigenvalue weighted by molar-refractivity contribution is 6.32. The van der Waals surface area contributed by atoms with Gasteiger partial charge in [0.25, 0.3) is 0 Å². The van der Waals surface area contributed by atoms with E-state index in [1.165, 1.54) is 6.08 Å². The summed E-state index contributed by atoms with van der Waals surface area (Å²) in [5.41, 5.74) is 1.58. The van der Waals surface area contributed by atoms with Gasteiger partial charge < -0.3 is 4.74 Å². The van der Waals surface area contributed by atoms with Gasteiger partial charge in [0.05, 0.1) is 0 Å². The van der Waals surface area contributed by atoms with Crippen LogP contribution in [0.25, 0.3) is 6.08 Å². The summed E-state index contributed by atoms with van der Waals surface area (Å²) in [6, 6.07) is 16.2. The Morgan fingerprint density at radius 3 is 2.33 bits per heavy atom. The number of rotatable bonds is 3. The van der Waals surface area contributed by atoms with Crippen LogP contribution < -0.4 is 10.2 Å². The van der Waals surface area contributed by atoms with Crippen molar-refractivity contribution in [1.29, 1.82) is 0 Å². The molecule has 0 heterocycles. The first-order chi connectivity index (χ1) is 8.74. The van der Waals surface area contributed by atoms with E-state index in [1.807, 2.05) is 30.3 Å². The minimum Gasteiger partial charge on any atom is -0.423 e. The standard InChI is InChI=1S/C15H11BO2/c16-13-7-9-14(10-8-13)18-15(17)11-6-12-4-2-1-3-5-12/h1-11H/b11-6+. The van der Waals surface area contributed by atoms with Gasteiger partial charge in [-0.1, -0.05) is 47.9 Å². The Morgan fingerprint density at radius 2 is 1.67 bits per heavy atom. The predicted octanol–water partition coefficient (Wildman–Crippen LogP) is 2.10. The van der Waals surface area contributed by atoms with Crippen LogP contribution in [0.4, 0.5) is 0 Å². The second kappa shape index (κ2) is 5.87. The first kappa shape index (κ1) is 12.2. The van der Waals surface area contributed by atoms with E-state index in [1.54, 1.807) is 30.3 Å². The number of esters is 1. The molecule has 0 aliphatic carbocycles. The quantitative estimate of drug-likeness (QED) is 0.352. The lowest BCUT2D eigenvalue weighted by Gasteiger charge is -2.01. The molecule has 2 aromatic carbocycles. The average molecular weight is 234 g/mol. The lowest BCUT2D eigenvalue weighted by molar-refractivity contribution is -0.128. The predicted molar refractivity (Wildman–Crippen MR) is 72.9 cm³/mol. The molecule has 3 heteroatoms. The van der Waals surface area contributed by atoms with Gasteiger partial charge in [0, 0.05) is 6.08 Å². The smallest absolute Gasteiger partial charge is 0.336 e. The lowest BCUT2D eigenvalue weighted by Crippen LogP contribution is -2.05. The monoisotopic (exact) mass is 234 g/mol. The van der Waals surface area contributed by atoms with Crippen LogP contribution in [0.15, 0.2) is 60.7 Å². The van der Waals surface area contributed by atoms with Crippen LogP contribution in [-0.2, 0) is 4.79 Å². The highest BCUT2D eigenvalue weighted by atomic mass is 16.5. The van der Waals surface area contributed by atoms with E-state index in [0.29, 0.717) is 11.2 Å². The van der Waals surface area contributed by atoms with E-state index in [9.17, 15) is 4.79 Å². The Bertz CT molecular complexity index is 544. The Hall–Kier alpha value is -2.29. The molecular weight excluding hydrogens is 223 g/mol. The molecule has 2 radical (unpaired) electrons. The molecule has 0 spiro atoms. The maximum absolute atomic E-state index is 11.5. The molecule has 2 nitrogen and oxygen atoms in total. The molecule has 0 atom stereocenters. The van der Waals surface area contributed by atoms with Crippen LogP contribution in [0.5, 0.6) is 5.75 Å². The molecule has 0 fully saturated rings. The second-order valence-corrected chi connectivity index (χ2v) is 3.73. The molecule has 0 aromatic heterocycles. The van der Waals surface area contributed by atoms with Crippen molar-refractivity contribution in [3.8, 4) is 5.75 Å². The third kappa shape index (κ3) is 3.63. The number of carbonyl (C=O) groups excluding carboxylic acids is 1. The van der Waals surface area contributed by atoms with Gasteiger partial charge >= 0.3 is 5.97 Å². The van der Waals surface area contributed by atoms with Crippen LogP contribution in [0.2, 0.25) is 0 Å². The second-order valence-electron chi connectivity index (χ2n) is 3.73. The van der Waals surface area contributed by atoms with Crippen molar-refractivity contribution in [2.75, 3.05) is 0 Å². The van der Waals surface area contributed by atoms with E-state index in [0.717, 1.165) is 5.56 Å². The number of hydrogen-bond donors (Lipinski definition) is 0. The van der Waals surface area contributed by atoms with Gasteiger partial charge in [-0.3, -0.25) is 0 Å². The molecule has 2 rings (SSSR count). The zero-order valence-corrected chi connectivity index (χ0v) is 9.74. The van der Waals surface area contributed by atoms with Crippen molar-refractivity contribution in [2.45, 2.75) is 0 Å². The van der Waals surface area contributed by atoms with E-state index < -0.39 is 5.97 Å². The van der Waals surface area contributed by atoms with Gasteiger partial charge in [0.1, 0.15) is 13.6 Å². The largest absolute Gasteiger partial charge is 0.423 e. The van der Waals surface area contributed by atoms with Crippen LogP contribution >= 0.6 is 0 Å². The summed E-state index contributed by atoms with van der Waals surface area (Å²) in [6.45, 7) is 0. The van der Waals surface area contributed by atoms with E-state index in [4.69, 9.17) is 12.6 Å². The average Bonchev–Trinajstić information content (AvgIpc) is 2.40. The molecular formula is C15H11BO2.